The van der Waals surface area contributed by atoms with E-state index in [0.717, 1.165) is 28.6 Å². The molecule has 1 amide bonds. The molecular weight excluding hydrogens is 308 g/mol. The SMILES string of the molecule is O=C(Cn1cc(C(=O)c2cccs2)c2ccccc21)NC1CC1. The molecule has 1 aliphatic rings. The van der Waals surface area contributed by atoms with Crippen LogP contribution in [0.3, 0.4) is 0 Å². The van der Waals surface area contributed by atoms with Crippen LogP contribution in [-0.2, 0) is 11.3 Å². The summed E-state index contributed by atoms with van der Waals surface area (Å²) in [5.74, 6) is 0.0147. The largest absolute Gasteiger partial charge is 0.352 e. The molecule has 4 nitrogen and oxygen atoms in total. The quantitative estimate of drug-likeness (QED) is 0.733. The highest BCUT2D eigenvalue weighted by Gasteiger charge is 2.24. The number of hydrogen-bond donors (Lipinski definition) is 1. The van der Waals surface area contributed by atoms with E-state index in [1.807, 2.05) is 46.3 Å². The maximum absolute atomic E-state index is 12.7. The minimum Gasteiger partial charge on any atom is -0.352 e. The van der Waals surface area contributed by atoms with E-state index < -0.39 is 0 Å². The van der Waals surface area contributed by atoms with Gasteiger partial charge in [0.15, 0.2) is 0 Å². The van der Waals surface area contributed by atoms with Crippen molar-refractivity contribution in [2.24, 2.45) is 0 Å². The lowest BCUT2D eigenvalue weighted by molar-refractivity contribution is -0.121. The number of fused-ring (bicyclic) bond motifs is 1. The average molecular weight is 324 g/mol. The van der Waals surface area contributed by atoms with Crippen LogP contribution in [0.15, 0.2) is 48.0 Å². The normalized spacial score (nSPS) is 14.1. The van der Waals surface area contributed by atoms with E-state index in [9.17, 15) is 9.59 Å². The van der Waals surface area contributed by atoms with Crippen LogP contribution in [0.5, 0.6) is 0 Å². The highest BCUT2D eigenvalue weighted by Crippen LogP contribution is 2.25. The molecule has 0 saturated heterocycles. The Bertz CT molecular complexity index is 876. The molecule has 1 saturated carbocycles. The number of rotatable bonds is 5. The molecule has 5 heteroatoms. The number of carbonyl (C=O) groups excluding carboxylic acids is 2. The molecule has 2 heterocycles. The number of amides is 1. The molecule has 0 aliphatic heterocycles. The third kappa shape index (κ3) is 2.80. The summed E-state index contributed by atoms with van der Waals surface area (Å²) < 4.78 is 1.87. The summed E-state index contributed by atoms with van der Waals surface area (Å²) in [5, 5.41) is 5.78. The van der Waals surface area contributed by atoms with Gasteiger partial charge in [-0.2, -0.15) is 0 Å². The molecule has 1 fully saturated rings. The predicted octanol–water partition coefficient (Wildman–Crippen LogP) is 3.21. The average Bonchev–Trinajstić information content (AvgIpc) is 3.08. The Labute approximate surface area is 137 Å². The number of nitrogens with zero attached hydrogens (tertiary/aromatic N) is 1. The first-order valence-corrected chi connectivity index (χ1v) is 8.56. The van der Waals surface area contributed by atoms with Crippen molar-refractivity contribution in [3.63, 3.8) is 0 Å². The van der Waals surface area contributed by atoms with E-state index in [2.05, 4.69) is 5.32 Å². The van der Waals surface area contributed by atoms with E-state index in [1.165, 1.54) is 11.3 Å². The van der Waals surface area contributed by atoms with Crippen molar-refractivity contribution in [3.05, 3.63) is 58.4 Å². The summed E-state index contributed by atoms with van der Waals surface area (Å²) in [6.45, 7) is 0.245. The highest BCUT2D eigenvalue weighted by atomic mass is 32.1. The second-order valence-corrected chi connectivity index (χ2v) is 6.78. The van der Waals surface area contributed by atoms with Crippen molar-refractivity contribution >= 4 is 33.9 Å². The van der Waals surface area contributed by atoms with Crippen LogP contribution in [0.25, 0.3) is 10.9 Å². The molecule has 0 unspecified atom stereocenters. The lowest BCUT2D eigenvalue weighted by atomic mass is 10.1. The lowest BCUT2D eigenvalue weighted by Crippen LogP contribution is -2.29. The summed E-state index contributed by atoms with van der Waals surface area (Å²) in [7, 11) is 0. The van der Waals surface area contributed by atoms with Gasteiger partial charge in [-0.1, -0.05) is 24.3 Å². The van der Waals surface area contributed by atoms with Gasteiger partial charge < -0.3 is 9.88 Å². The Balaban J connectivity index is 1.70. The number of para-hydroxylation sites is 1. The van der Waals surface area contributed by atoms with Crippen LogP contribution >= 0.6 is 11.3 Å². The van der Waals surface area contributed by atoms with Gasteiger partial charge in [-0.3, -0.25) is 9.59 Å². The molecule has 0 radical (unpaired) electrons. The summed E-state index contributed by atoms with van der Waals surface area (Å²) in [4.78, 5) is 25.5. The maximum Gasteiger partial charge on any atom is 0.240 e. The van der Waals surface area contributed by atoms with Crippen molar-refractivity contribution in [3.8, 4) is 0 Å². The van der Waals surface area contributed by atoms with Crippen molar-refractivity contribution in [2.75, 3.05) is 0 Å². The molecule has 23 heavy (non-hydrogen) atoms. The van der Waals surface area contributed by atoms with E-state index >= 15 is 0 Å². The highest BCUT2D eigenvalue weighted by molar-refractivity contribution is 7.12. The van der Waals surface area contributed by atoms with Gasteiger partial charge in [0.1, 0.15) is 6.54 Å². The third-order valence-electron chi connectivity index (χ3n) is 4.03. The van der Waals surface area contributed by atoms with Gasteiger partial charge in [-0.15, -0.1) is 11.3 Å². The van der Waals surface area contributed by atoms with Gasteiger partial charge >= 0.3 is 0 Å². The van der Waals surface area contributed by atoms with Crippen molar-refractivity contribution < 1.29 is 9.59 Å². The smallest absolute Gasteiger partial charge is 0.240 e. The fraction of sp³-hybridized carbons (Fsp3) is 0.222. The third-order valence-corrected chi connectivity index (χ3v) is 4.90. The fourth-order valence-corrected chi connectivity index (χ4v) is 3.43. The minimum atomic E-state index is 0.00313. The van der Waals surface area contributed by atoms with Crippen LogP contribution in [-0.4, -0.2) is 22.3 Å². The Morgan fingerprint density at radius 2 is 2.00 bits per heavy atom. The maximum atomic E-state index is 12.7. The van der Waals surface area contributed by atoms with Gasteiger partial charge in [-0.05, 0) is 30.4 Å². The van der Waals surface area contributed by atoms with Crippen molar-refractivity contribution in [1.82, 2.24) is 9.88 Å². The van der Waals surface area contributed by atoms with Crippen LogP contribution < -0.4 is 5.32 Å². The number of benzene rings is 1. The molecule has 2 aromatic heterocycles. The fourth-order valence-electron chi connectivity index (χ4n) is 2.75. The summed E-state index contributed by atoms with van der Waals surface area (Å²) >= 11 is 1.44. The Morgan fingerprint density at radius 1 is 1.17 bits per heavy atom. The predicted molar refractivity (Wildman–Crippen MR) is 90.9 cm³/mol. The Morgan fingerprint density at radius 3 is 2.74 bits per heavy atom. The molecule has 0 spiro atoms. The number of nitrogens with one attached hydrogen (secondary N) is 1. The molecule has 1 aliphatic carbocycles. The zero-order chi connectivity index (χ0) is 15.8. The Hall–Kier alpha value is -2.40. The van der Waals surface area contributed by atoms with Gasteiger partial charge in [0.05, 0.1) is 4.88 Å². The summed E-state index contributed by atoms with van der Waals surface area (Å²) in [5.41, 5.74) is 1.57. The molecule has 4 rings (SSSR count). The van der Waals surface area contributed by atoms with Gasteiger partial charge in [0.25, 0.3) is 0 Å². The molecule has 3 aromatic rings. The van der Waals surface area contributed by atoms with E-state index in [1.54, 1.807) is 6.20 Å². The van der Waals surface area contributed by atoms with Crippen LogP contribution in [0.4, 0.5) is 0 Å². The number of hydrogen-bond acceptors (Lipinski definition) is 3. The molecular formula is C18H16N2O2S. The summed E-state index contributed by atoms with van der Waals surface area (Å²) in [6, 6.07) is 11.8. The van der Waals surface area contributed by atoms with E-state index in [-0.39, 0.29) is 18.2 Å². The first-order chi connectivity index (χ1) is 11.2. The van der Waals surface area contributed by atoms with Crippen LogP contribution in [0.1, 0.15) is 28.1 Å². The van der Waals surface area contributed by atoms with Gasteiger partial charge in [0.2, 0.25) is 11.7 Å². The standard InChI is InChI=1S/C18H16N2O2S/c21-17(19-12-7-8-12)11-20-10-14(13-4-1-2-5-15(13)20)18(22)16-6-3-9-23-16/h1-6,9-10,12H,7-8,11H2,(H,19,21). The molecule has 1 N–H and O–H groups in total. The van der Waals surface area contributed by atoms with Crippen LogP contribution in [0.2, 0.25) is 0 Å². The van der Waals surface area contributed by atoms with Crippen LogP contribution in [0, 0.1) is 0 Å². The second kappa shape index (κ2) is 5.66. The Kier molecular flexibility index (Phi) is 3.50. The number of carbonyl (C=O) groups is 2. The topological polar surface area (TPSA) is 51.1 Å². The first kappa shape index (κ1) is 14.2. The van der Waals surface area contributed by atoms with Crippen molar-refractivity contribution in [2.45, 2.75) is 25.4 Å². The lowest BCUT2D eigenvalue weighted by Gasteiger charge is -2.05. The number of thiophene rings is 1. The molecule has 116 valence electrons. The van der Waals surface area contributed by atoms with E-state index in [0.29, 0.717) is 11.6 Å². The summed E-state index contributed by atoms with van der Waals surface area (Å²) in [6.07, 6.45) is 3.94. The zero-order valence-electron chi connectivity index (χ0n) is 12.5. The first-order valence-electron chi connectivity index (χ1n) is 7.68. The molecule has 0 bridgehead atoms. The van der Waals surface area contributed by atoms with Gasteiger partial charge in [0, 0.05) is 28.7 Å². The van der Waals surface area contributed by atoms with Crippen molar-refractivity contribution in [1.29, 1.82) is 0 Å². The molecule has 1 aromatic carbocycles. The molecule has 0 atom stereocenters. The minimum absolute atomic E-state index is 0.00313. The zero-order valence-corrected chi connectivity index (χ0v) is 13.3. The van der Waals surface area contributed by atoms with Gasteiger partial charge in [-0.25, -0.2) is 0 Å². The van der Waals surface area contributed by atoms with E-state index in [4.69, 9.17) is 0 Å². The second-order valence-electron chi connectivity index (χ2n) is 5.84. The monoisotopic (exact) mass is 324 g/mol. The number of ketones is 1. The number of aromatic nitrogens is 1.